The number of thiocarbonyl (C=S) groups is 1. The molecule has 0 amide bonds. The first kappa shape index (κ1) is 23.9. The first-order valence-corrected chi connectivity index (χ1v) is 12.4. The highest BCUT2D eigenvalue weighted by atomic mass is 32.1. The van der Waals surface area contributed by atoms with Crippen molar-refractivity contribution in [3.63, 3.8) is 0 Å². The third-order valence-electron chi connectivity index (χ3n) is 6.50. The average Bonchev–Trinajstić information content (AvgIpc) is 3.37. The van der Waals surface area contributed by atoms with E-state index in [9.17, 15) is 4.39 Å². The van der Waals surface area contributed by atoms with Gasteiger partial charge in [0.25, 0.3) is 5.89 Å². The SMILES string of the molecule is CCc1ccc(C2NC(=S)N(Cc3ccc(F)cc3)C(C)=C2c2nc(-c3cccc(C)c3)no2)cc1. The van der Waals surface area contributed by atoms with Gasteiger partial charge in [-0.25, -0.2) is 4.39 Å². The average molecular weight is 499 g/mol. The van der Waals surface area contributed by atoms with Crippen molar-refractivity contribution in [1.29, 1.82) is 0 Å². The monoisotopic (exact) mass is 498 g/mol. The Morgan fingerprint density at radius 1 is 1.00 bits per heavy atom. The minimum atomic E-state index is -0.267. The van der Waals surface area contributed by atoms with Gasteiger partial charge in [0.2, 0.25) is 5.82 Å². The van der Waals surface area contributed by atoms with Crippen LogP contribution in [0.3, 0.4) is 0 Å². The second kappa shape index (κ2) is 10.0. The molecule has 1 aliphatic heterocycles. The Balaban J connectivity index is 1.59. The summed E-state index contributed by atoms with van der Waals surface area (Å²) in [7, 11) is 0. The Hall–Kier alpha value is -3.84. The van der Waals surface area contributed by atoms with Crippen LogP contribution >= 0.6 is 12.2 Å². The molecule has 0 saturated carbocycles. The van der Waals surface area contributed by atoms with Crippen LogP contribution in [0, 0.1) is 12.7 Å². The van der Waals surface area contributed by atoms with Crippen LogP contribution in [0.4, 0.5) is 4.39 Å². The van der Waals surface area contributed by atoms with Crippen LogP contribution in [-0.4, -0.2) is 20.2 Å². The summed E-state index contributed by atoms with van der Waals surface area (Å²) < 4.78 is 19.3. The van der Waals surface area contributed by atoms with Crippen molar-refractivity contribution < 1.29 is 8.91 Å². The van der Waals surface area contributed by atoms with Crippen molar-refractivity contribution in [2.24, 2.45) is 0 Å². The Morgan fingerprint density at radius 3 is 2.42 bits per heavy atom. The highest BCUT2D eigenvalue weighted by molar-refractivity contribution is 7.80. The van der Waals surface area contributed by atoms with Gasteiger partial charge in [-0.3, -0.25) is 0 Å². The smallest absolute Gasteiger partial charge is 0.258 e. The molecule has 1 aliphatic rings. The molecule has 0 aliphatic carbocycles. The molecule has 5 nitrogen and oxygen atoms in total. The van der Waals surface area contributed by atoms with Gasteiger partial charge in [0.1, 0.15) is 5.82 Å². The number of aryl methyl sites for hydroxylation is 2. The van der Waals surface area contributed by atoms with E-state index in [1.54, 1.807) is 12.1 Å². The maximum absolute atomic E-state index is 13.5. The van der Waals surface area contributed by atoms with Gasteiger partial charge in [-0.2, -0.15) is 4.98 Å². The van der Waals surface area contributed by atoms with E-state index in [1.807, 2.05) is 43.0 Å². The number of hydrogen-bond donors (Lipinski definition) is 1. The Bertz CT molecular complexity index is 1430. The highest BCUT2D eigenvalue weighted by Crippen LogP contribution is 2.38. The number of hydrogen-bond acceptors (Lipinski definition) is 4. The molecule has 7 heteroatoms. The zero-order valence-corrected chi connectivity index (χ0v) is 21.3. The van der Waals surface area contributed by atoms with Crippen LogP contribution in [0.15, 0.2) is 83.0 Å². The lowest BCUT2D eigenvalue weighted by Gasteiger charge is -2.37. The maximum atomic E-state index is 13.5. The van der Waals surface area contributed by atoms with Crippen molar-refractivity contribution in [2.45, 2.75) is 39.8 Å². The summed E-state index contributed by atoms with van der Waals surface area (Å²) in [5, 5.41) is 8.36. The molecular weight excluding hydrogens is 471 g/mol. The predicted molar refractivity (Wildman–Crippen MR) is 143 cm³/mol. The summed E-state index contributed by atoms with van der Waals surface area (Å²) in [5.41, 5.74) is 7.05. The van der Waals surface area contributed by atoms with Crippen LogP contribution in [0.1, 0.15) is 48.0 Å². The highest BCUT2D eigenvalue weighted by Gasteiger charge is 2.34. The summed E-state index contributed by atoms with van der Waals surface area (Å²) >= 11 is 5.79. The number of rotatable bonds is 6. The van der Waals surface area contributed by atoms with Gasteiger partial charge >= 0.3 is 0 Å². The number of aromatic nitrogens is 2. The number of halogens is 1. The number of nitrogens with zero attached hydrogens (tertiary/aromatic N) is 3. The topological polar surface area (TPSA) is 54.2 Å². The van der Waals surface area contributed by atoms with Crippen LogP contribution in [0.25, 0.3) is 17.0 Å². The summed E-state index contributed by atoms with van der Waals surface area (Å²) in [5.74, 6) is 0.705. The molecular formula is C29H27FN4OS. The van der Waals surface area contributed by atoms with Gasteiger partial charge in [-0.15, -0.1) is 0 Å². The fourth-order valence-corrected chi connectivity index (χ4v) is 4.77. The van der Waals surface area contributed by atoms with E-state index in [0.29, 0.717) is 23.4 Å². The van der Waals surface area contributed by atoms with Crippen molar-refractivity contribution in [1.82, 2.24) is 20.4 Å². The normalized spacial score (nSPS) is 15.8. The van der Waals surface area contributed by atoms with Gasteiger partial charge < -0.3 is 14.7 Å². The minimum absolute atomic E-state index is 0.251. The summed E-state index contributed by atoms with van der Waals surface area (Å²) in [6, 6.07) is 22.7. The molecule has 0 saturated heterocycles. The van der Waals surface area contributed by atoms with Crippen LogP contribution in [-0.2, 0) is 13.0 Å². The predicted octanol–water partition coefficient (Wildman–Crippen LogP) is 6.61. The molecule has 4 aromatic rings. The molecule has 0 fully saturated rings. The van der Waals surface area contributed by atoms with Crippen LogP contribution in [0.5, 0.6) is 0 Å². The van der Waals surface area contributed by atoms with Crippen molar-refractivity contribution in [3.8, 4) is 11.4 Å². The lowest BCUT2D eigenvalue weighted by molar-refractivity contribution is 0.396. The number of nitrogens with one attached hydrogen (secondary N) is 1. The summed E-state index contributed by atoms with van der Waals surface area (Å²) in [6.45, 7) is 6.67. The van der Waals surface area contributed by atoms with Crippen LogP contribution < -0.4 is 5.32 Å². The summed E-state index contributed by atoms with van der Waals surface area (Å²) in [6.07, 6.45) is 0.966. The van der Waals surface area contributed by atoms with Gasteiger partial charge in [0.05, 0.1) is 11.6 Å². The quantitative estimate of drug-likeness (QED) is 0.302. The lowest BCUT2D eigenvalue weighted by Crippen LogP contribution is -2.45. The molecule has 2 heterocycles. The van der Waals surface area contributed by atoms with E-state index in [4.69, 9.17) is 21.7 Å². The minimum Gasteiger partial charge on any atom is -0.351 e. The van der Waals surface area contributed by atoms with Gasteiger partial charge in [0.15, 0.2) is 5.11 Å². The molecule has 1 atom stereocenters. The molecule has 182 valence electrons. The largest absolute Gasteiger partial charge is 0.351 e. The van der Waals surface area contributed by atoms with Gasteiger partial charge in [0, 0.05) is 17.8 Å². The van der Waals surface area contributed by atoms with E-state index in [0.717, 1.165) is 39.9 Å². The third kappa shape index (κ3) is 4.79. The van der Waals surface area contributed by atoms with E-state index in [1.165, 1.54) is 17.7 Å². The van der Waals surface area contributed by atoms with Crippen LogP contribution in [0.2, 0.25) is 0 Å². The molecule has 5 rings (SSSR count). The fraction of sp³-hybridized carbons (Fsp3) is 0.207. The molecule has 1 unspecified atom stereocenters. The standard InChI is InChI=1S/C29H27FN4OS/c1-4-20-8-12-22(13-9-20)26-25(28-32-27(33-35-28)23-7-5-6-18(2)16-23)19(3)34(29(36)31-26)17-21-10-14-24(30)15-11-21/h5-16,26H,4,17H2,1-3H3,(H,31,36). The van der Waals surface area contributed by atoms with Crippen molar-refractivity contribution >= 4 is 22.9 Å². The summed E-state index contributed by atoms with van der Waals surface area (Å²) in [4.78, 5) is 6.78. The second-order valence-electron chi connectivity index (χ2n) is 8.98. The number of benzene rings is 3. The van der Waals surface area contributed by atoms with Gasteiger partial charge in [-0.05, 0) is 67.4 Å². The Kier molecular flexibility index (Phi) is 6.65. The van der Waals surface area contributed by atoms with Crippen molar-refractivity contribution in [2.75, 3.05) is 0 Å². The first-order chi connectivity index (χ1) is 17.4. The Labute approximate surface area is 215 Å². The molecule has 3 aromatic carbocycles. The van der Waals surface area contributed by atoms with Crippen molar-refractivity contribution in [3.05, 3.63) is 112 Å². The zero-order chi connectivity index (χ0) is 25.2. The molecule has 0 spiro atoms. The molecule has 1 aromatic heterocycles. The molecule has 36 heavy (non-hydrogen) atoms. The Morgan fingerprint density at radius 2 is 1.72 bits per heavy atom. The van der Waals surface area contributed by atoms with E-state index >= 15 is 0 Å². The molecule has 0 bridgehead atoms. The fourth-order valence-electron chi connectivity index (χ4n) is 4.45. The zero-order valence-electron chi connectivity index (χ0n) is 20.5. The van der Waals surface area contributed by atoms with E-state index in [2.05, 4.69) is 41.7 Å². The third-order valence-corrected chi connectivity index (χ3v) is 6.84. The van der Waals surface area contributed by atoms with E-state index in [-0.39, 0.29) is 11.9 Å². The number of allylic oxidation sites excluding steroid dienone is 1. The second-order valence-corrected chi connectivity index (χ2v) is 9.37. The maximum Gasteiger partial charge on any atom is 0.258 e. The van der Waals surface area contributed by atoms with E-state index < -0.39 is 0 Å². The van der Waals surface area contributed by atoms with Gasteiger partial charge in [-0.1, -0.05) is 72.2 Å². The molecule has 1 N–H and O–H groups in total. The molecule has 0 radical (unpaired) electrons. The first-order valence-electron chi connectivity index (χ1n) is 12.0. The lowest BCUT2D eigenvalue weighted by atomic mass is 9.93.